The molecule has 11 heteroatoms. The molecular formula is C32H34N8O3. The van der Waals surface area contributed by atoms with Crippen molar-refractivity contribution >= 4 is 21.9 Å². The maximum atomic E-state index is 5.85. The fraction of sp³-hybridized carbons (Fsp3) is 0.344. The second-order valence-electron chi connectivity index (χ2n) is 10.9. The monoisotopic (exact) mass is 578 g/mol. The number of aryl methyl sites for hydroxylation is 2. The van der Waals surface area contributed by atoms with Crippen LogP contribution in [0.1, 0.15) is 31.4 Å². The van der Waals surface area contributed by atoms with Gasteiger partial charge in [0.15, 0.2) is 0 Å². The van der Waals surface area contributed by atoms with Crippen LogP contribution >= 0.6 is 0 Å². The summed E-state index contributed by atoms with van der Waals surface area (Å²) in [5.74, 6) is 1.35. The van der Waals surface area contributed by atoms with Crippen LogP contribution in [0.4, 0.5) is 0 Å². The SMILES string of the molecule is CCOc1nnn(C)c1-c1cnc2c3ccc(-c4c(OC)nnn4C)cc3n([C@H](c3ccccc3)C3CCOCC3)c2c1. The first-order valence-corrected chi connectivity index (χ1v) is 14.6. The second kappa shape index (κ2) is 11.1. The lowest BCUT2D eigenvalue weighted by atomic mass is 9.86. The van der Waals surface area contributed by atoms with Crippen molar-refractivity contribution in [2.24, 2.45) is 20.0 Å². The number of nitrogens with zero attached hydrogens (tertiary/aromatic N) is 8. The van der Waals surface area contributed by atoms with Crippen LogP contribution in [0.5, 0.6) is 11.8 Å². The minimum absolute atomic E-state index is 0.0555. The Labute approximate surface area is 249 Å². The van der Waals surface area contributed by atoms with E-state index < -0.39 is 0 Å². The number of hydrogen-bond donors (Lipinski definition) is 0. The molecule has 1 aliphatic heterocycles. The topological polar surface area (TPSA) is 107 Å². The van der Waals surface area contributed by atoms with E-state index in [0.29, 0.717) is 24.3 Å². The highest BCUT2D eigenvalue weighted by molar-refractivity contribution is 6.08. The summed E-state index contributed by atoms with van der Waals surface area (Å²) in [4.78, 5) is 5.07. The summed E-state index contributed by atoms with van der Waals surface area (Å²) >= 11 is 0. The molecule has 0 bridgehead atoms. The Bertz CT molecular complexity index is 1900. The Morgan fingerprint density at radius 3 is 2.30 bits per heavy atom. The predicted molar refractivity (Wildman–Crippen MR) is 163 cm³/mol. The molecule has 0 amide bonds. The number of rotatable bonds is 8. The van der Waals surface area contributed by atoms with Crippen molar-refractivity contribution in [3.63, 3.8) is 0 Å². The lowest BCUT2D eigenvalue weighted by Crippen LogP contribution is -2.26. The smallest absolute Gasteiger partial charge is 0.261 e. The van der Waals surface area contributed by atoms with Crippen LogP contribution in [0.15, 0.2) is 60.8 Å². The molecule has 0 unspecified atom stereocenters. The van der Waals surface area contributed by atoms with Gasteiger partial charge in [-0.25, -0.2) is 9.36 Å². The molecule has 220 valence electrons. The molecule has 5 heterocycles. The highest BCUT2D eigenvalue weighted by atomic mass is 16.5. The molecule has 0 spiro atoms. The van der Waals surface area contributed by atoms with Gasteiger partial charge in [0, 0.05) is 50.0 Å². The maximum Gasteiger partial charge on any atom is 0.261 e. The summed E-state index contributed by atoms with van der Waals surface area (Å²) in [7, 11) is 5.38. The van der Waals surface area contributed by atoms with Gasteiger partial charge in [0.1, 0.15) is 11.4 Å². The van der Waals surface area contributed by atoms with Crippen LogP contribution in [0.3, 0.4) is 0 Å². The van der Waals surface area contributed by atoms with Gasteiger partial charge in [0.05, 0.1) is 36.3 Å². The van der Waals surface area contributed by atoms with Gasteiger partial charge in [-0.05, 0) is 49.4 Å². The third-order valence-corrected chi connectivity index (χ3v) is 8.38. The Kier molecular flexibility index (Phi) is 7.02. The van der Waals surface area contributed by atoms with E-state index in [1.807, 2.05) is 27.2 Å². The van der Waals surface area contributed by atoms with Crippen LogP contribution < -0.4 is 9.47 Å². The Hall–Kier alpha value is -4.77. The second-order valence-corrected chi connectivity index (χ2v) is 10.9. The lowest BCUT2D eigenvalue weighted by Gasteiger charge is -2.33. The summed E-state index contributed by atoms with van der Waals surface area (Å²) in [6, 6.07) is 19.5. The largest absolute Gasteiger partial charge is 0.478 e. The number of ether oxygens (including phenoxy) is 3. The number of methoxy groups -OCH3 is 1. The fourth-order valence-corrected chi connectivity index (χ4v) is 6.46. The van der Waals surface area contributed by atoms with Crippen LogP contribution in [0, 0.1) is 5.92 Å². The average molecular weight is 579 g/mol. The molecule has 1 saturated heterocycles. The normalized spacial score (nSPS) is 14.9. The molecule has 7 rings (SSSR count). The molecular weight excluding hydrogens is 544 g/mol. The van der Waals surface area contributed by atoms with Crippen molar-refractivity contribution < 1.29 is 14.2 Å². The molecule has 2 aromatic carbocycles. The molecule has 0 radical (unpaired) electrons. The van der Waals surface area contributed by atoms with Gasteiger partial charge < -0.3 is 18.8 Å². The fourth-order valence-electron chi connectivity index (χ4n) is 6.46. The first kappa shape index (κ1) is 27.1. The number of aromatic nitrogens is 8. The van der Waals surface area contributed by atoms with Gasteiger partial charge in [-0.3, -0.25) is 4.98 Å². The molecule has 0 N–H and O–H groups in total. The third kappa shape index (κ3) is 4.60. The lowest BCUT2D eigenvalue weighted by molar-refractivity contribution is 0.0553. The van der Waals surface area contributed by atoms with Crippen LogP contribution in [-0.2, 0) is 18.8 Å². The van der Waals surface area contributed by atoms with E-state index in [4.69, 9.17) is 19.2 Å². The molecule has 1 aliphatic rings. The van der Waals surface area contributed by atoms with Crippen molar-refractivity contribution in [2.45, 2.75) is 25.8 Å². The van der Waals surface area contributed by atoms with E-state index in [-0.39, 0.29) is 6.04 Å². The molecule has 11 nitrogen and oxygen atoms in total. The van der Waals surface area contributed by atoms with Crippen molar-refractivity contribution in [3.05, 3.63) is 66.4 Å². The van der Waals surface area contributed by atoms with Crippen molar-refractivity contribution in [1.82, 2.24) is 39.5 Å². The number of fused-ring (bicyclic) bond motifs is 3. The summed E-state index contributed by atoms with van der Waals surface area (Å²) in [5.41, 5.74) is 7.76. The summed E-state index contributed by atoms with van der Waals surface area (Å²) < 4.78 is 23.2. The number of hydrogen-bond acceptors (Lipinski definition) is 8. The minimum Gasteiger partial charge on any atom is -0.478 e. The maximum absolute atomic E-state index is 5.85. The van der Waals surface area contributed by atoms with Crippen LogP contribution in [0.2, 0.25) is 0 Å². The zero-order chi connectivity index (χ0) is 29.5. The zero-order valence-electron chi connectivity index (χ0n) is 24.8. The van der Waals surface area contributed by atoms with E-state index in [1.54, 1.807) is 16.5 Å². The Morgan fingerprint density at radius 2 is 1.58 bits per heavy atom. The highest BCUT2D eigenvalue weighted by Gasteiger charge is 2.31. The van der Waals surface area contributed by atoms with E-state index in [2.05, 4.69) is 79.8 Å². The quantitative estimate of drug-likeness (QED) is 0.243. The van der Waals surface area contributed by atoms with E-state index >= 15 is 0 Å². The first-order chi connectivity index (χ1) is 21.1. The van der Waals surface area contributed by atoms with Gasteiger partial charge in [0.2, 0.25) is 0 Å². The summed E-state index contributed by atoms with van der Waals surface area (Å²) in [6.07, 6.45) is 3.82. The van der Waals surface area contributed by atoms with Gasteiger partial charge in [-0.1, -0.05) is 57.0 Å². The standard InChI is InChI=1S/C32H34N8O3/c1-5-43-32-30(39(3)37-35-32)23-18-26-27(33-19-23)24-12-11-22(29-31(41-4)34-36-38(29)2)17-25(24)40(26)28(20-9-7-6-8-10-20)21-13-15-42-16-14-21/h6-12,17-19,21,28H,5,13-16H2,1-4H3/t28-/m1/s1. The number of pyridine rings is 1. The van der Waals surface area contributed by atoms with Gasteiger partial charge >= 0.3 is 0 Å². The third-order valence-electron chi connectivity index (χ3n) is 8.38. The molecule has 0 saturated carbocycles. The summed E-state index contributed by atoms with van der Waals surface area (Å²) in [6.45, 7) is 3.93. The molecule has 43 heavy (non-hydrogen) atoms. The molecule has 0 aliphatic carbocycles. The molecule has 1 fully saturated rings. The van der Waals surface area contributed by atoms with Crippen molar-refractivity contribution in [3.8, 4) is 34.3 Å². The average Bonchev–Trinajstić information content (AvgIpc) is 3.70. The Morgan fingerprint density at radius 1 is 0.884 bits per heavy atom. The minimum atomic E-state index is 0.0555. The van der Waals surface area contributed by atoms with Crippen LogP contribution in [0.25, 0.3) is 44.5 Å². The molecule has 1 atom stereocenters. The van der Waals surface area contributed by atoms with Gasteiger partial charge in [-0.2, -0.15) is 0 Å². The number of benzene rings is 2. The van der Waals surface area contributed by atoms with E-state index in [0.717, 1.165) is 70.5 Å². The van der Waals surface area contributed by atoms with Crippen LogP contribution in [-0.4, -0.2) is 66.5 Å². The summed E-state index contributed by atoms with van der Waals surface area (Å²) in [5, 5.41) is 18.0. The van der Waals surface area contributed by atoms with E-state index in [9.17, 15) is 0 Å². The predicted octanol–water partition coefficient (Wildman–Crippen LogP) is 5.20. The van der Waals surface area contributed by atoms with Crippen molar-refractivity contribution in [1.29, 1.82) is 0 Å². The highest BCUT2D eigenvalue weighted by Crippen LogP contribution is 2.43. The molecule has 6 aromatic rings. The van der Waals surface area contributed by atoms with Crippen molar-refractivity contribution in [2.75, 3.05) is 26.9 Å². The zero-order valence-corrected chi connectivity index (χ0v) is 24.8. The van der Waals surface area contributed by atoms with Gasteiger partial charge in [-0.15, -0.1) is 0 Å². The Balaban J connectivity index is 1.54. The molecule has 4 aromatic heterocycles. The first-order valence-electron chi connectivity index (χ1n) is 14.6. The van der Waals surface area contributed by atoms with E-state index in [1.165, 1.54) is 5.56 Å². The van der Waals surface area contributed by atoms with Gasteiger partial charge in [0.25, 0.3) is 11.8 Å².